The smallest absolute Gasteiger partial charge is 0.0305 e. The molecule has 0 radical (unpaired) electrons. The summed E-state index contributed by atoms with van der Waals surface area (Å²) < 4.78 is 1.20. The summed E-state index contributed by atoms with van der Waals surface area (Å²) in [6.45, 7) is 2.24. The number of hydrogen-bond donors (Lipinski definition) is 1. The van der Waals surface area contributed by atoms with Crippen molar-refractivity contribution in [2.24, 2.45) is 0 Å². The van der Waals surface area contributed by atoms with Crippen LogP contribution in [0.5, 0.6) is 0 Å². The lowest BCUT2D eigenvalue weighted by molar-refractivity contribution is 0.485. The van der Waals surface area contributed by atoms with Crippen molar-refractivity contribution in [2.75, 3.05) is 11.5 Å². The third-order valence-corrected chi connectivity index (χ3v) is 4.67. The zero-order chi connectivity index (χ0) is 10.7. The average molecular weight is 286 g/mol. The molecule has 0 aromatic heterocycles. The van der Waals surface area contributed by atoms with E-state index in [9.17, 15) is 0 Å². The molecule has 1 aromatic rings. The zero-order valence-electron chi connectivity index (χ0n) is 8.87. The normalized spacial score (nSPS) is 22.9. The molecule has 1 N–H and O–H groups in total. The first-order valence-corrected chi connectivity index (χ1v) is 7.30. The molecule has 0 spiro atoms. The third kappa shape index (κ3) is 2.99. The van der Waals surface area contributed by atoms with E-state index in [1.54, 1.807) is 0 Å². The lowest BCUT2D eigenvalue weighted by Crippen LogP contribution is -2.31. The molecular formula is C12H16BrNS. The molecule has 2 rings (SSSR count). The van der Waals surface area contributed by atoms with Crippen LogP contribution >= 0.6 is 27.7 Å². The van der Waals surface area contributed by atoms with Crippen molar-refractivity contribution < 1.29 is 0 Å². The lowest BCUT2D eigenvalue weighted by atomic mass is 10.1. The summed E-state index contributed by atoms with van der Waals surface area (Å²) >= 11 is 5.65. The number of thioether (sulfide) groups is 1. The molecule has 1 aliphatic heterocycles. The fraction of sp³-hybridized carbons (Fsp3) is 0.500. The maximum absolute atomic E-state index is 3.69. The Morgan fingerprint density at radius 2 is 2.27 bits per heavy atom. The van der Waals surface area contributed by atoms with Gasteiger partial charge in [-0.2, -0.15) is 11.8 Å². The topological polar surface area (TPSA) is 12.0 Å². The average Bonchev–Trinajstić information content (AvgIpc) is 2.71. The Morgan fingerprint density at radius 3 is 2.93 bits per heavy atom. The van der Waals surface area contributed by atoms with Crippen LogP contribution in [0.3, 0.4) is 0 Å². The number of nitrogens with one attached hydrogen (secondary N) is 1. The Balaban J connectivity index is 2.00. The SMILES string of the molecule is CC(NC1CCSC1)c1ccccc1Br. The fourth-order valence-electron chi connectivity index (χ4n) is 1.94. The Labute approximate surface area is 104 Å². The van der Waals surface area contributed by atoms with Crippen LogP contribution in [0.1, 0.15) is 24.9 Å². The number of rotatable bonds is 3. The van der Waals surface area contributed by atoms with E-state index in [-0.39, 0.29) is 0 Å². The highest BCUT2D eigenvalue weighted by atomic mass is 79.9. The number of benzene rings is 1. The van der Waals surface area contributed by atoms with E-state index in [2.05, 4.69) is 52.4 Å². The fourth-order valence-corrected chi connectivity index (χ4v) is 3.73. The zero-order valence-corrected chi connectivity index (χ0v) is 11.3. The van der Waals surface area contributed by atoms with Gasteiger partial charge in [0.05, 0.1) is 0 Å². The molecule has 1 nitrogen and oxygen atoms in total. The van der Waals surface area contributed by atoms with Gasteiger partial charge in [0.2, 0.25) is 0 Å². The molecule has 0 amide bonds. The maximum Gasteiger partial charge on any atom is 0.0305 e. The van der Waals surface area contributed by atoms with Crippen LogP contribution in [-0.4, -0.2) is 17.5 Å². The van der Waals surface area contributed by atoms with Crippen LogP contribution in [0.4, 0.5) is 0 Å². The molecular weight excluding hydrogens is 270 g/mol. The molecule has 2 atom stereocenters. The van der Waals surface area contributed by atoms with E-state index in [0.29, 0.717) is 12.1 Å². The molecule has 1 saturated heterocycles. The van der Waals surface area contributed by atoms with Crippen LogP contribution in [0, 0.1) is 0 Å². The van der Waals surface area contributed by atoms with Gasteiger partial charge in [-0.3, -0.25) is 0 Å². The van der Waals surface area contributed by atoms with Gasteiger partial charge in [-0.25, -0.2) is 0 Å². The third-order valence-electron chi connectivity index (χ3n) is 2.79. The molecule has 2 unspecified atom stereocenters. The minimum absolute atomic E-state index is 0.435. The molecule has 15 heavy (non-hydrogen) atoms. The summed E-state index contributed by atoms with van der Waals surface area (Å²) in [4.78, 5) is 0. The molecule has 82 valence electrons. The molecule has 3 heteroatoms. The Bertz CT molecular complexity index is 323. The monoisotopic (exact) mass is 285 g/mol. The first-order valence-electron chi connectivity index (χ1n) is 5.35. The number of hydrogen-bond acceptors (Lipinski definition) is 2. The van der Waals surface area contributed by atoms with Crippen molar-refractivity contribution in [3.63, 3.8) is 0 Å². The van der Waals surface area contributed by atoms with E-state index in [1.807, 2.05) is 11.8 Å². The highest BCUT2D eigenvalue weighted by Crippen LogP contribution is 2.25. The predicted molar refractivity (Wildman–Crippen MR) is 71.4 cm³/mol. The van der Waals surface area contributed by atoms with Crippen LogP contribution in [-0.2, 0) is 0 Å². The molecule has 1 aromatic carbocycles. The van der Waals surface area contributed by atoms with E-state index in [0.717, 1.165) is 0 Å². The van der Waals surface area contributed by atoms with E-state index >= 15 is 0 Å². The molecule has 0 bridgehead atoms. The molecule has 1 aliphatic rings. The Hall–Kier alpha value is 0.01000. The van der Waals surface area contributed by atoms with Crippen LogP contribution in [0.25, 0.3) is 0 Å². The summed E-state index contributed by atoms with van der Waals surface area (Å²) in [7, 11) is 0. The maximum atomic E-state index is 3.69. The second-order valence-corrected chi connectivity index (χ2v) is 5.97. The van der Waals surface area contributed by atoms with E-state index < -0.39 is 0 Å². The quantitative estimate of drug-likeness (QED) is 0.911. The van der Waals surface area contributed by atoms with Gasteiger partial charge in [0.25, 0.3) is 0 Å². The van der Waals surface area contributed by atoms with Crippen LogP contribution in [0.15, 0.2) is 28.7 Å². The summed E-state index contributed by atoms with van der Waals surface area (Å²) in [5.74, 6) is 2.56. The second-order valence-electron chi connectivity index (χ2n) is 3.97. The highest BCUT2D eigenvalue weighted by Gasteiger charge is 2.18. The van der Waals surface area contributed by atoms with Gasteiger partial charge in [-0.1, -0.05) is 34.1 Å². The summed E-state index contributed by atoms with van der Waals surface area (Å²) in [5.41, 5.74) is 1.36. The summed E-state index contributed by atoms with van der Waals surface area (Å²) in [6, 6.07) is 9.58. The standard InChI is InChI=1S/C12H16BrNS/c1-9(14-10-6-7-15-8-10)11-4-2-3-5-12(11)13/h2-5,9-10,14H,6-8H2,1H3. The summed E-state index contributed by atoms with van der Waals surface area (Å²) in [5, 5.41) is 3.69. The van der Waals surface area contributed by atoms with Gasteiger partial charge in [-0.05, 0) is 30.7 Å². The van der Waals surface area contributed by atoms with Crippen molar-refractivity contribution >= 4 is 27.7 Å². The Kier molecular flexibility index (Phi) is 4.12. The van der Waals surface area contributed by atoms with Crippen LogP contribution < -0.4 is 5.32 Å². The molecule has 1 fully saturated rings. The minimum Gasteiger partial charge on any atom is -0.307 e. The van der Waals surface area contributed by atoms with Crippen LogP contribution in [0.2, 0.25) is 0 Å². The highest BCUT2D eigenvalue weighted by molar-refractivity contribution is 9.10. The van der Waals surface area contributed by atoms with Gasteiger partial charge in [-0.15, -0.1) is 0 Å². The Morgan fingerprint density at radius 1 is 1.47 bits per heavy atom. The van der Waals surface area contributed by atoms with Crippen molar-refractivity contribution in [1.29, 1.82) is 0 Å². The lowest BCUT2D eigenvalue weighted by Gasteiger charge is -2.20. The van der Waals surface area contributed by atoms with Gasteiger partial charge in [0.1, 0.15) is 0 Å². The van der Waals surface area contributed by atoms with Gasteiger partial charge >= 0.3 is 0 Å². The van der Waals surface area contributed by atoms with Crippen molar-refractivity contribution in [3.05, 3.63) is 34.3 Å². The second kappa shape index (κ2) is 5.37. The first-order chi connectivity index (χ1) is 7.27. The van der Waals surface area contributed by atoms with Crippen molar-refractivity contribution in [2.45, 2.75) is 25.4 Å². The van der Waals surface area contributed by atoms with E-state index in [4.69, 9.17) is 0 Å². The largest absolute Gasteiger partial charge is 0.307 e. The molecule has 0 aliphatic carbocycles. The number of halogens is 1. The predicted octanol–water partition coefficient (Wildman–Crippen LogP) is 3.61. The van der Waals surface area contributed by atoms with Gasteiger partial charge in [0, 0.05) is 22.3 Å². The van der Waals surface area contributed by atoms with Crippen molar-refractivity contribution in [3.8, 4) is 0 Å². The first kappa shape index (κ1) is 11.5. The molecule has 1 heterocycles. The van der Waals surface area contributed by atoms with E-state index in [1.165, 1.54) is 28.0 Å². The summed E-state index contributed by atoms with van der Waals surface area (Å²) in [6.07, 6.45) is 1.31. The molecule has 0 saturated carbocycles. The van der Waals surface area contributed by atoms with Gasteiger partial charge < -0.3 is 5.32 Å². The van der Waals surface area contributed by atoms with Gasteiger partial charge in [0.15, 0.2) is 0 Å². The minimum atomic E-state index is 0.435. The van der Waals surface area contributed by atoms with Crippen molar-refractivity contribution in [1.82, 2.24) is 5.32 Å².